The van der Waals surface area contributed by atoms with Gasteiger partial charge < -0.3 is 0 Å². The number of hydrogen-bond donors (Lipinski definition) is 0. The molecule has 0 aromatic heterocycles. The SMILES string of the molecule is CCN1C(=O)C(=O)N(N(C)c2ccccc2)C1=O. The van der Waals surface area contributed by atoms with Gasteiger partial charge in [0.2, 0.25) is 0 Å². The van der Waals surface area contributed by atoms with Gasteiger partial charge in [-0.15, -0.1) is 0 Å². The molecular weight excluding hydrogens is 234 g/mol. The average molecular weight is 247 g/mol. The lowest BCUT2D eigenvalue weighted by Gasteiger charge is -2.26. The largest absolute Gasteiger partial charge is 0.353 e. The average Bonchev–Trinajstić information content (AvgIpc) is 2.60. The van der Waals surface area contributed by atoms with Crippen molar-refractivity contribution in [1.29, 1.82) is 0 Å². The molecule has 1 aliphatic heterocycles. The quantitative estimate of drug-likeness (QED) is 0.587. The van der Waals surface area contributed by atoms with Crippen LogP contribution in [0.25, 0.3) is 0 Å². The van der Waals surface area contributed by atoms with Gasteiger partial charge in [-0.2, -0.15) is 5.01 Å². The van der Waals surface area contributed by atoms with Crippen LogP contribution in [0.15, 0.2) is 30.3 Å². The van der Waals surface area contributed by atoms with Crippen LogP contribution >= 0.6 is 0 Å². The summed E-state index contributed by atoms with van der Waals surface area (Å²) in [6, 6.07) is 8.29. The van der Waals surface area contributed by atoms with Crippen molar-refractivity contribution in [3.05, 3.63) is 30.3 Å². The third-order valence-electron chi connectivity index (χ3n) is 2.78. The second kappa shape index (κ2) is 4.48. The molecular formula is C12H13N3O3. The maximum Gasteiger partial charge on any atom is 0.353 e. The number of carbonyl (C=O) groups excluding carboxylic acids is 3. The Labute approximate surface area is 104 Å². The molecule has 1 fully saturated rings. The highest BCUT2D eigenvalue weighted by molar-refractivity contribution is 6.44. The highest BCUT2D eigenvalue weighted by atomic mass is 16.2. The lowest BCUT2D eigenvalue weighted by atomic mass is 10.3. The van der Waals surface area contributed by atoms with Crippen molar-refractivity contribution in [1.82, 2.24) is 9.91 Å². The molecule has 1 aliphatic rings. The van der Waals surface area contributed by atoms with E-state index in [4.69, 9.17) is 0 Å². The monoisotopic (exact) mass is 247 g/mol. The zero-order valence-corrected chi connectivity index (χ0v) is 10.2. The zero-order chi connectivity index (χ0) is 13.3. The fourth-order valence-electron chi connectivity index (χ4n) is 1.80. The van der Waals surface area contributed by atoms with Gasteiger partial charge in [-0.25, -0.2) is 4.79 Å². The molecule has 6 heteroatoms. The standard InChI is InChI=1S/C12H13N3O3/c1-3-14-10(16)11(17)15(12(14)18)13(2)9-7-5-4-6-8-9/h4-8H,3H2,1-2H3. The van der Waals surface area contributed by atoms with E-state index < -0.39 is 17.8 Å². The number of benzene rings is 1. The highest BCUT2D eigenvalue weighted by Crippen LogP contribution is 2.19. The number of likely N-dealkylation sites (N-methyl/N-ethyl adjacent to an activating group) is 1. The molecule has 94 valence electrons. The molecule has 1 aromatic carbocycles. The van der Waals surface area contributed by atoms with Gasteiger partial charge in [0.05, 0.1) is 5.69 Å². The normalized spacial score (nSPS) is 15.6. The summed E-state index contributed by atoms with van der Waals surface area (Å²) in [4.78, 5) is 36.2. The van der Waals surface area contributed by atoms with Crippen LogP contribution in [-0.4, -0.2) is 41.3 Å². The highest BCUT2D eigenvalue weighted by Gasteiger charge is 2.46. The molecule has 2 rings (SSSR count). The Morgan fingerprint density at radius 2 is 1.67 bits per heavy atom. The van der Waals surface area contributed by atoms with Crippen molar-refractivity contribution >= 4 is 23.5 Å². The van der Waals surface area contributed by atoms with Gasteiger partial charge in [0.1, 0.15) is 0 Å². The molecule has 0 atom stereocenters. The predicted molar refractivity (Wildman–Crippen MR) is 64.5 cm³/mol. The molecule has 0 N–H and O–H groups in total. The number of rotatable bonds is 3. The molecule has 1 aromatic rings. The van der Waals surface area contributed by atoms with Crippen molar-refractivity contribution in [2.45, 2.75) is 6.92 Å². The number of anilines is 1. The van der Waals surface area contributed by atoms with Crippen molar-refractivity contribution in [3.8, 4) is 0 Å². The molecule has 1 heterocycles. The summed E-state index contributed by atoms with van der Waals surface area (Å²) in [5.74, 6) is -1.61. The number of urea groups is 1. The minimum absolute atomic E-state index is 0.183. The van der Waals surface area contributed by atoms with Gasteiger partial charge in [0.15, 0.2) is 0 Å². The van der Waals surface area contributed by atoms with Crippen LogP contribution in [0, 0.1) is 0 Å². The van der Waals surface area contributed by atoms with Crippen LogP contribution in [0.2, 0.25) is 0 Å². The van der Waals surface area contributed by atoms with Crippen LogP contribution in [0.5, 0.6) is 0 Å². The second-order valence-electron chi connectivity index (χ2n) is 3.81. The summed E-state index contributed by atoms with van der Waals surface area (Å²) in [6.45, 7) is 1.83. The minimum Gasteiger partial charge on any atom is -0.277 e. The van der Waals surface area contributed by atoms with Gasteiger partial charge >= 0.3 is 17.8 Å². The number of nitrogens with zero attached hydrogens (tertiary/aromatic N) is 3. The van der Waals surface area contributed by atoms with Crippen LogP contribution in [0.1, 0.15) is 6.92 Å². The van der Waals surface area contributed by atoms with Gasteiger partial charge in [-0.05, 0) is 19.1 Å². The lowest BCUT2D eigenvalue weighted by Crippen LogP contribution is -2.45. The number of para-hydroxylation sites is 1. The minimum atomic E-state index is -0.826. The first-order valence-corrected chi connectivity index (χ1v) is 5.56. The summed E-state index contributed by atoms with van der Waals surface area (Å²) < 4.78 is 0. The van der Waals surface area contributed by atoms with E-state index in [0.29, 0.717) is 5.69 Å². The third-order valence-corrected chi connectivity index (χ3v) is 2.78. The molecule has 18 heavy (non-hydrogen) atoms. The first-order valence-electron chi connectivity index (χ1n) is 5.56. The van der Waals surface area contributed by atoms with Crippen LogP contribution < -0.4 is 5.01 Å². The molecule has 0 saturated carbocycles. The molecule has 0 bridgehead atoms. The summed E-state index contributed by atoms with van der Waals surface area (Å²) in [5, 5.41) is 2.22. The van der Waals surface area contributed by atoms with Gasteiger partial charge in [0, 0.05) is 13.6 Å². The van der Waals surface area contributed by atoms with E-state index in [1.54, 1.807) is 38.2 Å². The van der Waals surface area contributed by atoms with Crippen molar-refractivity contribution in [2.24, 2.45) is 0 Å². The van der Waals surface area contributed by atoms with Gasteiger partial charge in [0.25, 0.3) is 0 Å². The third kappa shape index (κ3) is 1.71. The Morgan fingerprint density at radius 3 is 2.17 bits per heavy atom. The van der Waals surface area contributed by atoms with E-state index in [1.165, 1.54) is 5.01 Å². The number of hydrazine groups is 1. The zero-order valence-electron chi connectivity index (χ0n) is 10.2. The topological polar surface area (TPSA) is 60.9 Å². The first kappa shape index (κ1) is 12.1. The molecule has 0 spiro atoms. The Balaban J connectivity index is 2.32. The molecule has 1 saturated heterocycles. The second-order valence-corrected chi connectivity index (χ2v) is 3.81. The fourth-order valence-corrected chi connectivity index (χ4v) is 1.80. The molecule has 0 aliphatic carbocycles. The molecule has 0 unspecified atom stereocenters. The van der Waals surface area contributed by atoms with Crippen molar-refractivity contribution < 1.29 is 14.4 Å². The van der Waals surface area contributed by atoms with E-state index >= 15 is 0 Å². The fraction of sp³-hybridized carbons (Fsp3) is 0.250. The summed E-state index contributed by atoms with van der Waals surface area (Å²) in [7, 11) is 1.57. The first-order chi connectivity index (χ1) is 8.57. The van der Waals surface area contributed by atoms with Crippen LogP contribution in [0.3, 0.4) is 0 Å². The van der Waals surface area contributed by atoms with Gasteiger partial charge in [-0.3, -0.25) is 19.5 Å². The van der Waals surface area contributed by atoms with E-state index in [0.717, 1.165) is 9.91 Å². The predicted octanol–water partition coefficient (Wildman–Crippen LogP) is 0.848. The summed E-state index contributed by atoms with van der Waals surface area (Å²) in [6.07, 6.45) is 0. The maximum atomic E-state index is 11.9. The van der Waals surface area contributed by atoms with Gasteiger partial charge in [-0.1, -0.05) is 18.2 Å². The number of imide groups is 2. The Hall–Kier alpha value is -2.37. The lowest BCUT2D eigenvalue weighted by molar-refractivity contribution is -0.143. The van der Waals surface area contributed by atoms with E-state index in [9.17, 15) is 14.4 Å². The Morgan fingerprint density at radius 1 is 1.06 bits per heavy atom. The smallest absolute Gasteiger partial charge is 0.277 e. The maximum absolute atomic E-state index is 11.9. The number of carbonyl (C=O) groups is 3. The number of hydrogen-bond acceptors (Lipinski definition) is 4. The summed E-state index contributed by atoms with van der Waals surface area (Å²) >= 11 is 0. The van der Waals surface area contributed by atoms with Crippen LogP contribution in [-0.2, 0) is 9.59 Å². The van der Waals surface area contributed by atoms with E-state index in [2.05, 4.69) is 0 Å². The van der Waals surface area contributed by atoms with E-state index in [1.807, 2.05) is 6.07 Å². The van der Waals surface area contributed by atoms with Crippen molar-refractivity contribution in [2.75, 3.05) is 18.6 Å². The summed E-state index contributed by atoms with van der Waals surface area (Å²) in [5.41, 5.74) is 0.657. The van der Waals surface area contributed by atoms with Crippen molar-refractivity contribution in [3.63, 3.8) is 0 Å². The Bertz CT molecular complexity index is 501. The molecule has 0 radical (unpaired) electrons. The van der Waals surface area contributed by atoms with E-state index in [-0.39, 0.29) is 6.54 Å². The molecule has 6 nitrogen and oxygen atoms in total. The number of amides is 4. The molecule has 4 amide bonds. The Kier molecular flexibility index (Phi) is 3.01. The van der Waals surface area contributed by atoms with Crippen LogP contribution in [0.4, 0.5) is 10.5 Å².